The fourth-order valence-electron chi connectivity index (χ4n) is 3.70. The first kappa shape index (κ1) is 19.2. The van der Waals surface area contributed by atoms with Gasteiger partial charge in [-0.15, -0.1) is 0 Å². The molecular weight excluding hydrogens is 366 g/mol. The molecule has 0 spiro atoms. The van der Waals surface area contributed by atoms with E-state index in [2.05, 4.69) is 10.6 Å². The second-order valence-electron chi connectivity index (χ2n) is 7.79. The summed E-state index contributed by atoms with van der Waals surface area (Å²) in [6.07, 6.45) is 3.60. The summed E-state index contributed by atoms with van der Waals surface area (Å²) in [6.45, 7) is 2.48. The Balaban J connectivity index is 1.41. The van der Waals surface area contributed by atoms with Crippen molar-refractivity contribution in [2.75, 3.05) is 11.9 Å². The second-order valence-corrected chi connectivity index (χ2v) is 7.79. The zero-order valence-electron chi connectivity index (χ0n) is 16.5. The minimum atomic E-state index is -0.386. The molecule has 0 aromatic heterocycles. The third kappa shape index (κ3) is 4.31. The van der Waals surface area contributed by atoms with Crippen molar-refractivity contribution in [1.29, 1.82) is 0 Å². The summed E-state index contributed by atoms with van der Waals surface area (Å²) in [7, 11) is 0. The van der Waals surface area contributed by atoms with E-state index in [9.17, 15) is 14.4 Å². The number of hydrogen-bond donors (Lipinski definition) is 2. The highest BCUT2D eigenvalue weighted by atomic mass is 16.2. The number of carbonyl (C=O) groups is 3. The van der Waals surface area contributed by atoms with Crippen LogP contribution in [0.4, 0.5) is 5.69 Å². The van der Waals surface area contributed by atoms with Gasteiger partial charge in [-0.05, 0) is 68.5 Å². The fraction of sp³-hybridized carbons (Fsp3) is 0.348. The lowest BCUT2D eigenvalue weighted by Gasteiger charge is -2.24. The van der Waals surface area contributed by atoms with Crippen LogP contribution in [0.1, 0.15) is 52.0 Å². The predicted octanol–water partition coefficient (Wildman–Crippen LogP) is 3.13. The molecule has 2 fully saturated rings. The van der Waals surface area contributed by atoms with E-state index in [1.54, 1.807) is 35.2 Å². The fourth-order valence-corrected chi connectivity index (χ4v) is 3.70. The first-order valence-corrected chi connectivity index (χ1v) is 10.1. The number of benzene rings is 2. The topological polar surface area (TPSA) is 78.5 Å². The van der Waals surface area contributed by atoms with E-state index in [1.807, 2.05) is 25.1 Å². The van der Waals surface area contributed by atoms with Crippen molar-refractivity contribution in [2.24, 2.45) is 0 Å². The summed E-state index contributed by atoms with van der Waals surface area (Å²) in [4.78, 5) is 39.5. The Labute approximate surface area is 170 Å². The van der Waals surface area contributed by atoms with Gasteiger partial charge in [0.2, 0.25) is 5.91 Å². The summed E-state index contributed by atoms with van der Waals surface area (Å²) in [5.74, 6) is -0.366. The standard InChI is InChI=1S/C23H25N3O3/c1-15-5-2-3-6-19(15)21(27)24-17-10-8-16(9-11-17)23(29)26-14-4-7-20(26)22(28)25-18-12-13-18/h2-3,5-6,8-11,18,20H,4,7,12-14H2,1H3,(H,24,27)(H,25,28). The van der Waals surface area contributed by atoms with E-state index >= 15 is 0 Å². The number of anilines is 1. The average molecular weight is 391 g/mol. The third-order valence-corrected chi connectivity index (χ3v) is 5.52. The van der Waals surface area contributed by atoms with Crippen LogP contribution >= 0.6 is 0 Å². The molecule has 0 bridgehead atoms. The number of aryl methyl sites for hydroxylation is 1. The summed E-state index contributed by atoms with van der Waals surface area (Å²) < 4.78 is 0. The quantitative estimate of drug-likeness (QED) is 0.822. The number of carbonyl (C=O) groups excluding carboxylic acids is 3. The minimum Gasteiger partial charge on any atom is -0.352 e. The van der Waals surface area contributed by atoms with Crippen LogP contribution in [0, 0.1) is 6.92 Å². The van der Waals surface area contributed by atoms with Crippen molar-refractivity contribution in [3.8, 4) is 0 Å². The van der Waals surface area contributed by atoms with Crippen LogP contribution in [-0.4, -0.2) is 41.2 Å². The number of rotatable bonds is 5. The molecule has 1 aliphatic carbocycles. The van der Waals surface area contributed by atoms with Gasteiger partial charge in [0.1, 0.15) is 6.04 Å². The lowest BCUT2D eigenvalue weighted by Crippen LogP contribution is -2.46. The number of amides is 3. The largest absolute Gasteiger partial charge is 0.352 e. The number of likely N-dealkylation sites (tertiary alicyclic amines) is 1. The molecule has 2 aromatic carbocycles. The van der Waals surface area contributed by atoms with Gasteiger partial charge in [-0.1, -0.05) is 18.2 Å². The van der Waals surface area contributed by atoms with E-state index < -0.39 is 0 Å². The number of nitrogens with zero attached hydrogens (tertiary/aromatic N) is 1. The van der Waals surface area contributed by atoms with Gasteiger partial charge in [0.15, 0.2) is 0 Å². The Morgan fingerprint density at radius 3 is 2.38 bits per heavy atom. The lowest BCUT2D eigenvalue weighted by atomic mass is 10.1. The van der Waals surface area contributed by atoms with Crippen LogP contribution in [0.15, 0.2) is 48.5 Å². The number of hydrogen-bond acceptors (Lipinski definition) is 3. The molecule has 1 aliphatic heterocycles. The number of nitrogens with one attached hydrogen (secondary N) is 2. The molecule has 1 unspecified atom stereocenters. The molecule has 29 heavy (non-hydrogen) atoms. The van der Waals surface area contributed by atoms with Gasteiger partial charge in [0.05, 0.1) is 0 Å². The molecule has 1 saturated heterocycles. The molecular formula is C23H25N3O3. The molecule has 150 valence electrons. The molecule has 2 aliphatic rings. The highest BCUT2D eigenvalue weighted by Crippen LogP contribution is 2.24. The maximum absolute atomic E-state index is 12.9. The van der Waals surface area contributed by atoms with Gasteiger partial charge in [-0.3, -0.25) is 14.4 Å². The molecule has 2 N–H and O–H groups in total. The third-order valence-electron chi connectivity index (χ3n) is 5.52. The molecule has 1 heterocycles. The van der Waals surface area contributed by atoms with Gasteiger partial charge < -0.3 is 15.5 Å². The molecule has 1 saturated carbocycles. The van der Waals surface area contributed by atoms with Gasteiger partial charge in [0, 0.05) is 29.4 Å². The SMILES string of the molecule is Cc1ccccc1C(=O)Nc1ccc(C(=O)N2CCCC2C(=O)NC2CC2)cc1. The maximum atomic E-state index is 12.9. The summed E-state index contributed by atoms with van der Waals surface area (Å²) in [6, 6.07) is 14.1. The monoisotopic (exact) mass is 391 g/mol. The van der Waals surface area contributed by atoms with E-state index in [-0.39, 0.29) is 29.8 Å². The zero-order chi connectivity index (χ0) is 20.4. The highest BCUT2D eigenvalue weighted by Gasteiger charge is 2.36. The van der Waals surface area contributed by atoms with Crippen LogP contribution in [0.25, 0.3) is 0 Å². The predicted molar refractivity (Wildman–Crippen MR) is 111 cm³/mol. The Kier molecular flexibility index (Phi) is 5.34. The first-order valence-electron chi connectivity index (χ1n) is 10.1. The van der Waals surface area contributed by atoms with Crippen molar-refractivity contribution >= 4 is 23.4 Å². The minimum absolute atomic E-state index is 0.0412. The molecule has 3 amide bonds. The van der Waals surface area contributed by atoms with Gasteiger partial charge in [-0.2, -0.15) is 0 Å². The van der Waals surface area contributed by atoms with E-state index in [0.29, 0.717) is 29.8 Å². The van der Waals surface area contributed by atoms with Crippen molar-refractivity contribution < 1.29 is 14.4 Å². The van der Waals surface area contributed by atoms with Crippen molar-refractivity contribution in [1.82, 2.24) is 10.2 Å². The zero-order valence-corrected chi connectivity index (χ0v) is 16.5. The Morgan fingerprint density at radius 1 is 0.966 bits per heavy atom. The Hall–Kier alpha value is -3.15. The molecule has 6 nitrogen and oxygen atoms in total. The van der Waals surface area contributed by atoms with Gasteiger partial charge >= 0.3 is 0 Å². The van der Waals surface area contributed by atoms with E-state index in [4.69, 9.17) is 0 Å². The Bertz CT molecular complexity index is 935. The molecule has 2 aromatic rings. The van der Waals surface area contributed by atoms with Crippen molar-refractivity contribution in [3.05, 3.63) is 65.2 Å². The maximum Gasteiger partial charge on any atom is 0.255 e. The van der Waals surface area contributed by atoms with Crippen LogP contribution in [0.2, 0.25) is 0 Å². The molecule has 1 atom stereocenters. The van der Waals surface area contributed by atoms with Crippen LogP contribution in [0.5, 0.6) is 0 Å². The summed E-state index contributed by atoms with van der Waals surface area (Å²) >= 11 is 0. The van der Waals surface area contributed by atoms with Gasteiger partial charge in [-0.25, -0.2) is 0 Å². The lowest BCUT2D eigenvalue weighted by molar-refractivity contribution is -0.125. The summed E-state index contributed by atoms with van der Waals surface area (Å²) in [5.41, 5.74) is 2.67. The molecule has 0 radical (unpaired) electrons. The van der Waals surface area contributed by atoms with Crippen LogP contribution in [0.3, 0.4) is 0 Å². The highest BCUT2D eigenvalue weighted by molar-refractivity contribution is 6.05. The average Bonchev–Trinajstić information content (AvgIpc) is 3.39. The van der Waals surface area contributed by atoms with Crippen LogP contribution < -0.4 is 10.6 Å². The van der Waals surface area contributed by atoms with Crippen molar-refractivity contribution in [2.45, 2.75) is 44.7 Å². The Morgan fingerprint density at radius 2 is 1.69 bits per heavy atom. The molecule has 6 heteroatoms. The normalized spacial score (nSPS) is 18.4. The summed E-state index contributed by atoms with van der Waals surface area (Å²) in [5, 5.41) is 5.86. The van der Waals surface area contributed by atoms with Crippen LogP contribution in [-0.2, 0) is 4.79 Å². The molecule has 4 rings (SSSR count). The smallest absolute Gasteiger partial charge is 0.255 e. The van der Waals surface area contributed by atoms with Crippen molar-refractivity contribution in [3.63, 3.8) is 0 Å². The first-order chi connectivity index (χ1) is 14.0. The van der Waals surface area contributed by atoms with Gasteiger partial charge in [0.25, 0.3) is 11.8 Å². The van der Waals surface area contributed by atoms with E-state index in [0.717, 1.165) is 24.8 Å². The van der Waals surface area contributed by atoms with E-state index in [1.165, 1.54) is 0 Å². The second kappa shape index (κ2) is 8.07.